The van der Waals surface area contributed by atoms with Crippen LogP contribution in [0.2, 0.25) is 0 Å². The number of aliphatic hydroxyl groups is 3. The van der Waals surface area contributed by atoms with E-state index in [9.17, 15) is 15.3 Å². The minimum absolute atomic E-state index is 0. The van der Waals surface area contributed by atoms with Crippen molar-refractivity contribution in [2.24, 2.45) is 0 Å². The van der Waals surface area contributed by atoms with E-state index in [1.165, 1.54) is 21.9 Å². The van der Waals surface area contributed by atoms with Gasteiger partial charge < -0.3 is 20.1 Å². The van der Waals surface area contributed by atoms with E-state index in [1.54, 1.807) is 6.20 Å². The summed E-state index contributed by atoms with van der Waals surface area (Å²) in [5.74, 6) is 1.36. The Balaban J connectivity index is 0.000000407. The molecule has 3 aromatic rings. The van der Waals surface area contributed by atoms with Gasteiger partial charge in [-0.2, -0.15) is 4.68 Å². The Labute approximate surface area is 208 Å². The maximum atomic E-state index is 10.3. The van der Waals surface area contributed by atoms with Crippen molar-refractivity contribution in [3.63, 3.8) is 0 Å². The molecule has 10 radical (unpaired) electrons. The second-order valence-corrected chi connectivity index (χ2v) is 7.43. The Hall–Kier alpha value is -1.95. The van der Waals surface area contributed by atoms with Crippen LogP contribution in [0, 0.1) is 63.7 Å². The van der Waals surface area contributed by atoms with Crippen LogP contribution in [0.1, 0.15) is 11.9 Å². The van der Waals surface area contributed by atoms with Gasteiger partial charge in [0.05, 0.1) is 24.8 Å². The van der Waals surface area contributed by atoms with Gasteiger partial charge in [-0.3, -0.25) is 4.57 Å². The molecule has 3 aliphatic rings. The molecule has 0 unspecified atom stereocenters. The first-order chi connectivity index (χ1) is 16.2. The van der Waals surface area contributed by atoms with E-state index in [4.69, 9.17) is 4.74 Å². The number of nitrogens with zero attached hydrogens (tertiary/aromatic N) is 7. The first kappa shape index (κ1) is 25.2. The van der Waals surface area contributed by atoms with Gasteiger partial charge in [0.25, 0.3) is 0 Å². The van der Waals surface area contributed by atoms with E-state index >= 15 is 0 Å². The number of imidazole rings is 1. The molecular formula is C22H21FeN7O4+2. The average Bonchev–Trinajstić information content (AvgIpc) is 3.67. The van der Waals surface area contributed by atoms with Crippen LogP contribution in [-0.2, 0) is 21.8 Å². The van der Waals surface area contributed by atoms with E-state index in [1.807, 2.05) is 57.8 Å². The minimum Gasteiger partial charge on any atom is -0.394 e. The largest absolute Gasteiger partial charge is 2.00 e. The zero-order valence-electron chi connectivity index (χ0n) is 17.7. The van der Waals surface area contributed by atoms with Crippen molar-refractivity contribution >= 4 is 11.2 Å². The zero-order valence-corrected chi connectivity index (χ0v) is 18.8. The molecule has 4 atom stereocenters. The predicted octanol–water partition coefficient (Wildman–Crippen LogP) is -0.209. The molecule has 1 saturated heterocycles. The van der Waals surface area contributed by atoms with Crippen LogP contribution in [0.15, 0.2) is 18.9 Å². The molecule has 1 aliphatic heterocycles. The molecule has 0 bridgehead atoms. The molecule has 3 fully saturated rings. The Morgan fingerprint density at radius 1 is 0.912 bits per heavy atom. The average molecular weight is 503 g/mol. The SMILES string of the molecule is OC[C@H]1O[C@@H](n2cnc3c(-n4cc([C]5[CH][CH][CH][CH]5)nn4)ncnc32)[C@H](O)[C@@H]1O.[CH]1[CH][CH][CH][CH]1.[Fe+2]. The summed E-state index contributed by atoms with van der Waals surface area (Å²) in [7, 11) is 0. The standard InChI is InChI=1S/C17H16N7O4.C5H5.Fe/c25-6-11-13(26)14(27)17(28-11)23-8-20-12-15(23)18-7-19-16(12)24-5-10(21-22-24)9-3-1-2-4-9;1-2-4-5-3-1;/h1-5,7-8,11,13-14,17,25-27H,6H2;1-5H;/q;;+2/t11-,13-,14-,17-;;/m1../s1. The van der Waals surface area contributed by atoms with Gasteiger partial charge in [0, 0.05) is 5.92 Å². The summed E-state index contributed by atoms with van der Waals surface area (Å²) in [6, 6.07) is 0. The molecule has 3 aromatic heterocycles. The maximum Gasteiger partial charge on any atom is 2.00 e. The van der Waals surface area contributed by atoms with Crippen molar-refractivity contribution in [2.75, 3.05) is 6.61 Å². The van der Waals surface area contributed by atoms with E-state index in [0.717, 1.165) is 5.92 Å². The summed E-state index contributed by atoms with van der Waals surface area (Å²) in [4.78, 5) is 12.8. The van der Waals surface area contributed by atoms with Crippen LogP contribution >= 0.6 is 0 Å². The monoisotopic (exact) mass is 503 g/mol. The fourth-order valence-electron chi connectivity index (χ4n) is 3.67. The normalized spacial score (nSPS) is 27.0. The molecule has 34 heavy (non-hydrogen) atoms. The van der Waals surface area contributed by atoms with Gasteiger partial charge in [0.2, 0.25) is 0 Å². The van der Waals surface area contributed by atoms with Crippen molar-refractivity contribution in [3.8, 4) is 5.82 Å². The molecular weight excluding hydrogens is 482 g/mol. The van der Waals surface area contributed by atoms with Gasteiger partial charge in [-0.05, 0) is 57.8 Å². The van der Waals surface area contributed by atoms with Crippen LogP contribution < -0.4 is 0 Å². The number of rotatable bonds is 4. The van der Waals surface area contributed by atoms with Crippen LogP contribution in [0.25, 0.3) is 17.0 Å². The number of aliphatic hydroxyl groups excluding tert-OH is 3. The Bertz CT molecular complexity index is 1060. The van der Waals surface area contributed by atoms with Crippen molar-refractivity contribution in [1.82, 2.24) is 34.5 Å². The van der Waals surface area contributed by atoms with E-state index in [-0.39, 0.29) is 17.1 Å². The molecule has 2 saturated carbocycles. The third-order valence-electron chi connectivity index (χ3n) is 5.36. The number of ether oxygens (including phenoxy) is 1. The first-order valence-corrected chi connectivity index (χ1v) is 10.3. The topological polar surface area (TPSA) is 144 Å². The van der Waals surface area contributed by atoms with Gasteiger partial charge >= 0.3 is 17.1 Å². The second kappa shape index (κ2) is 11.2. The second-order valence-electron chi connectivity index (χ2n) is 7.43. The fraction of sp³-hybridized carbons (Fsp3) is 0.227. The molecule has 4 heterocycles. The Kier molecular flexibility index (Phi) is 8.28. The van der Waals surface area contributed by atoms with E-state index in [0.29, 0.717) is 22.7 Å². The number of hydrogen-bond donors (Lipinski definition) is 3. The van der Waals surface area contributed by atoms with Crippen LogP contribution in [0.4, 0.5) is 0 Å². The van der Waals surface area contributed by atoms with Gasteiger partial charge in [-0.25, -0.2) is 15.0 Å². The first-order valence-electron chi connectivity index (χ1n) is 10.3. The van der Waals surface area contributed by atoms with Crippen LogP contribution in [0.3, 0.4) is 0 Å². The zero-order chi connectivity index (χ0) is 22.8. The summed E-state index contributed by atoms with van der Waals surface area (Å²) in [6.07, 6.45) is 18.0. The Morgan fingerprint density at radius 3 is 2.26 bits per heavy atom. The number of aromatic nitrogens is 7. The van der Waals surface area contributed by atoms with Gasteiger partial charge in [-0.1, -0.05) is 5.21 Å². The van der Waals surface area contributed by atoms with Crippen molar-refractivity contribution in [2.45, 2.75) is 24.5 Å². The molecule has 6 rings (SSSR count). The molecule has 174 valence electrons. The van der Waals surface area contributed by atoms with Gasteiger partial charge in [0.15, 0.2) is 23.2 Å². The quantitative estimate of drug-likeness (QED) is 0.412. The summed E-state index contributed by atoms with van der Waals surface area (Å²) < 4.78 is 8.56. The number of fused-ring (bicyclic) bond motifs is 1. The molecule has 11 nitrogen and oxygen atoms in total. The molecule has 3 N–H and O–H groups in total. The van der Waals surface area contributed by atoms with E-state index in [2.05, 4.69) is 25.3 Å². The fourth-order valence-corrected chi connectivity index (χ4v) is 3.67. The third-order valence-corrected chi connectivity index (χ3v) is 5.36. The predicted molar refractivity (Wildman–Crippen MR) is 114 cm³/mol. The van der Waals surface area contributed by atoms with Gasteiger partial charge in [-0.15, -0.1) is 5.10 Å². The van der Waals surface area contributed by atoms with Gasteiger partial charge in [0.1, 0.15) is 24.6 Å². The molecule has 0 spiro atoms. The smallest absolute Gasteiger partial charge is 0.394 e. The molecule has 2 aliphatic carbocycles. The summed E-state index contributed by atoms with van der Waals surface area (Å²) >= 11 is 0. The summed E-state index contributed by atoms with van der Waals surface area (Å²) in [5, 5.41) is 37.9. The summed E-state index contributed by atoms with van der Waals surface area (Å²) in [6.45, 7) is -0.412. The van der Waals surface area contributed by atoms with Crippen LogP contribution in [-0.4, -0.2) is 74.8 Å². The van der Waals surface area contributed by atoms with E-state index < -0.39 is 31.1 Å². The maximum absolute atomic E-state index is 10.3. The molecule has 0 aromatic carbocycles. The number of hydrogen-bond acceptors (Lipinski definition) is 9. The molecule has 0 amide bonds. The Morgan fingerprint density at radius 2 is 1.62 bits per heavy atom. The van der Waals surface area contributed by atoms with Crippen molar-refractivity contribution in [1.29, 1.82) is 0 Å². The third kappa shape index (κ3) is 4.88. The summed E-state index contributed by atoms with van der Waals surface area (Å²) in [5.41, 5.74) is 1.52. The minimum atomic E-state index is -1.23. The van der Waals surface area contributed by atoms with Crippen molar-refractivity contribution < 1.29 is 37.1 Å². The molecule has 12 heteroatoms. The van der Waals surface area contributed by atoms with Crippen molar-refractivity contribution in [3.05, 3.63) is 88.3 Å². The van der Waals surface area contributed by atoms with Crippen LogP contribution in [0.5, 0.6) is 0 Å².